The van der Waals surface area contributed by atoms with Gasteiger partial charge in [0.05, 0.1) is 5.69 Å². The third-order valence-corrected chi connectivity index (χ3v) is 5.47. The smallest absolute Gasteiger partial charge is 0.223 e. The molecule has 0 bridgehead atoms. The molecule has 0 aliphatic carbocycles. The number of nitrogen functional groups attached to an aromatic ring is 1. The molecule has 4 rings (SSSR count). The van der Waals surface area contributed by atoms with Crippen molar-refractivity contribution in [2.75, 3.05) is 5.73 Å². The zero-order chi connectivity index (χ0) is 21.3. The average Bonchev–Trinajstić information content (AvgIpc) is 2.76. The standard InChI is InChI=1S/2C10H8ClN3S/c11-10-13-6-5-9(14-10)15-8-3-1-7(12)2-4-8;11-10-13-6-5-9(14-10)7-1-3-8(15-12)4-2-7/h2*1-6H,12H2. The first-order chi connectivity index (χ1) is 14.5. The monoisotopic (exact) mass is 474 g/mol. The van der Waals surface area contributed by atoms with Crippen LogP contribution in [-0.2, 0) is 0 Å². The molecule has 0 radical (unpaired) electrons. The number of benzene rings is 2. The highest BCUT2D eigenvalue weighted by molar-refractivity contribution is 7.99. The normalized spacial score (nSPS) is 10.2. The van der Waals surface area contributed by atoms with Crippen LogP contribution in [-0.4, -0.2) is 19.9 Å². The number of anilines is 1. The van der Waals surface area contributed by atoms with Crippen LogP contribution in [0.4, 0.5) is 5.69 Å². The van der Waals surface area contributed by atoms with Crippen LogP contribution in [0.5, 0.6) is 0 Å². The average molecular weight is 475 g/mol. The second kappa shape index (κ2) is 11.1. The van der Waals surface area contributed by atoms with E-state index in [1.807, 2.05) is 60.7 Å². The van der Waals surface area contributed by atoms with Crippen LogP contribution in [0.1, 0.15) is 0 Å². The van der Waals surface area contributed by atoms with Gasteiger partial charge in [0.2, 0.25) is 10.6 Å². The third-order valence-electron chi connectivity index (χ3n) is 3.62. The van der Waals surface area contributed by atoms with Crippen molar-refractivity contribution in [3.8, 4) is 11.3 Å². The summed E-state index contributed by atoms with van der Waals surface area (Å²) in [6.07, 6.45) is 3.27. The summed E-state index contributed by atoms with van der Waals surface area (Å²) in [5, 5.41) is 6.77. The summed E-state index contributed by atoms with van der Waals surface area (Å²) in [5.74, 6) is 0. The van der Waals surface area contributed by atoms with E-state index in [0.717, 1.165) is 31.8 Å². The summed E-state index contributed by atoms with van der Waals surface area (Å²) in [6.45, 7) is 0. The number of hydrogen-bond acceptors (Lipinski definition) is 8. The van der Waals surface area contributed by atoms with Crippen molar-refractivity contribution in [3.05, 3.63) is 83.6 Å². The molecule has 30 heavy (non-hydrogen) atoms. The predicted molar refractivity (Wildman–Crippen MR) is 125 cm³/mol. The lowest BCUT2D eigenvalue weighted by Gasteiger charge is -2.01. The lowest BCUT2D eigenvalue weighted by atomic mass is 10.1. The topological polar surface area (TPSA) is 104 Å². The molecule has 2 aromatic carbocycles. The van der Waals surface area contributed by atoms with E-state index >= 15 is 0 Å². The summed E-state index contributed by atoms with van der Waals surface area (Å²) < 4.78 is 0. The van der Waals surface area contributed by atoms with E-state index in [2.05, 4.69) is 19.9 Å². The van der Waals surface area contributed by atoms with E-state index in [9.17, 15) is 0 Å². The maximum atomic E-state index is 5.71. The fourth-order valence-corrected chi connectivity index (χ4v) is 3.65. The number of rotatable bonds is 4. The molecule has 0 amide bonds. The molecular weight excluding hydrogens is 459 g/mol. The van der Waals surface area contributed by atoms with Crippen LogP contribution in [0.25, 0.3) is 11.3 Å². The van der Waals surface area contributed by atoms with Crippen molar-refractivity contribution in [1.29, 1.82) is 0 Å². The van der Waals surface area contributed by atoms with Crippen LogP contribution in [0.2, 0.25) is 10.6 Å². The Morgan fingerprint density at radius 3 is 1.90 bits per heavy atom. The first-order valence-corrected chi connectivity index (χ1v) is 11.0. The Labute approximate surface area is 192 Å². The molecule has 10 heteroatoms. The van der Waals surface area contributed by atoms with Gasteiger partial charge in [0, 0.05) is 33.4 Å². The largest absolute Gasteiger partial charge is 0.399 e. The molecule has 0 saturated heterocycles. The Hall–Kier alpha value is -2.36. The molecule has 6 nitrogen and oxygen atoms in total. The first-order valence-electron chi connectivity index (χ1n) is 8.51. The Kier molecular flexibility index (Phi) is 8.30. The van der Waals surface area contributed by atoms with E-state index in [0.29, 0.717) is 0 Å². The van der Waals surface area contributed by atoms with Gasteiger partial charge in [-0.2, -0.15) is 0 Å². The van der Waals surface area contributed by atoms with Crippen molar-refractivity contribution in [2.24, 2.45) is 5.14 Å². The second-order valence-corrected chi connectivity index (χ2v) is 8.17. The zero-order valence-electron chi connectivity index (χ0n) is 15.4. The summed E-state index contributed by atoms with van der Waals surface area (Å²) in [6, 6.07) is 19.0. The van der Waals surface area contributed by atoms with Gasteiger partial charge < -0.3 is 5.73 Å². The Morgan fingerprint density at radius 2 is 1.30 bits per heavy atom. The van der Waals surface area contributed by atoms with Gasteiger partial charge in [-0.05, 0) is 83.7 Å². The highest BCUT2D eigenvalue weighted by atomic mass is 35.5. The van der Waals surface area contributed by atoms with E-state index in [-0.39, 0.29) is 10.6 Å². The highest BCUT2D eigenvalue weighted by Gasteiger charge is 2.01. The molecule has 0 aliphatic heterocycles. The van der Waals surface area contributed by atoms with E-state index in [1.54, 1.807) is 12.4 Å². The third kappa shape index (κ3) is 6.86. The molecule has 4 aromatic rings. The van der Waals surface area contributed by atoms with Crippen molar-refractivity contribution in [2.45, 2.75) is 14.8 Å². The summed E-state index contributed by atoms with van der Waals surface area (Å²) in [5.41, 5.74) is 8.14. The first kappa shape index (κ1) is 22.3. The zero-order valence-corrected chi connectivity index (χ0v) is 18.6. The molecule has 0 fully saturated rings. The molecule has 2 aromatic heterocycles. The van der Waals surface area contributed by atoms with Crippen LogP contribution in [0.15, 0.2) is 87.9 Å². The minimum Gasteiger partial charge on any atom is -0.399 e. The van der Waals surface area contributed by atoms with Gasteiger partial charge in [-0.25, -0.2) is 19.9 Å². The van der Waals surface area contributed by atoms with Gasteiger partial charge in [-0.1, -0.05) is 23.9 Å². The van der Waals surface area contributed by atoms with E-state index < -0.39 is 0 Å². The number of nitrogens with two attached hydrogens (primary N) is 2. The van der Waals surface area contributed by atoms with Gasteiger partial charge in [-0.3, -0.25) is 5.14 Å². The molecule has 0 saturated carbocycles. The fraction of sp³-hybridized carbons (Fsp3) is 0. The molecule has 0 unspecified atom stereocenters. The Morgan fingerprint density at radius 1 is 0.700 bits per heavy atom. The molecule has 152 valence electrons. The Bertz CT molecular complexity index is 1090. The van der Waals surface area contributed by atoms with Gasteiger partial charge >= 0.3 is 0 Å². The van der Waals surface area contributed by atoms with Gasteiger partial charge in [0.25, 0.3) is 0 Å². The molecule has 0 atom stereocenters. The lowest BCUT2D eigenvalue weighted by Crippen LogP contribution is -1.86. The minimum absolute atomic E-state index is 0.254. The van der Waals surface area contributed by atoms with E-state index in [1.165, 1.54) is 23.7 Å². The van der Waals surface area contributed by atoms with Crippen LogP contribution in [0.3, 0.4) is 0 Å². The number of aromatic nitrogens is 4. The molecular formula is C20H16Cl2N6S2. The maximum Gasteiger partial charge on any atom is 0.223 e. The molecule has 2 heterocycles. The molecule has 4 N–H and O–H groups in total. The highest BCUT2D eigenvalue weighted by Crippen LogP contribution is 2.26. The molecule has 0 aliphatic rings. The fourth-order valence-electron chi connectivity index (χ4n) is 2.23. The quantitative estimate of drug-likeness (QED) is 0.170. The SMILES string of the molecule is NSc1ccc(-c2ccnc(Cl)n2)cc1.Nc1ccc(Sc2ccnc(Cl)n2)cc1. The maximum absolute atomic E-state index is 5.71. The van der Waals surface area contributed by atoms with Gasteiger partial charge in [0.15, 0.2) is 0 Å². The minimum atomic E-state index is 0.254. The second-order valence-electron chi connectivity index (χ2n) is 5.69. The van der Waals surface area contributed by atoms with E-state index in [4.69, 9.17) is 34.1 Å². The van der Waals surface area contributed by atoms with Crippen LogP contribution < -0.4 is 10.9 Å². The van der Waals surface area contributed by atoms with Crippen molar-refractivity contribution >= 4 is 52.6 Å². The van der Waals surface area contributed by atoms with Gasteiger partial charge in [-0.15, -0.1) is 0 Å². The predicted octanol–water partition coefficient (Wildman–Crippen LogP) is 5.63. The van der Waals surface area contributed by atoms with Crippen molar-refractivity contribution in [3.63, 3.8) is 0 Å². The number of hydrogen-bond donors (Lipinski definition) is 2. The molecule has 0 spiro atoms. The summed E-state index contributed by atoms with van der Waals surface area (Å²) in [4.78, 5) is 17.9. The Balaban J connectivity index is 0.000000171. The van der Waals surface area contributed by atoms with Crippen molar-refractivity contribution < 1.29 is 0 Å². The number of halogens is 2. The van der Waals surface area contributed by atoms with Crippen LogP contribution in [0, 0.1) is 0 Å². The van der Waals surface area contributed by atoms with Gasteiger partial charge in [0.1, 0.15) is 5.03 Å². The summed E-state index contributed by atoms with van der Waals surface area (Å²) in [7, 11) is 0. The van der Waals surface area contributed by atoms with Crippen molar-refractivity contribution in [1.82, 2.24) is 19.9 Å². The number of nitrogens with zero attached hydrogens (tertiary/aromatic N) is 4. The lowest BCUT2D eigenvalue weighted by molar-refractivity contribution is 1.05. The summed E-state index contributed by atoms with van der Waals surface area (Å²) >= 11 is 14.1. The van der Waals surface area contributed by atoms with Crippen LogP contribution >= 0.6 is 46.9 Å².